The van der Waals surface area contributed by atoms with Gasteiger partial charge in [-0.2, -0.15) is 13.2 Å². The Labute approximate surface area is 165 Å². The molecule has 0 unspecified atom stereocenters. The van der Waals surface area contributed by atoms with Crippen molar-refractivity contribution >= 4 is 11.5 Å². The Balaban J connectivity index is 0.000000370. The van der Waals surface area contributed by atoms with Gasteiger partial charge in [0.15, 0.2) is 0 Å². The van der Waals surface area contributed by atoms with Gasteiger partial charge >= 0.3 is 12.1 Å². The lowest BCUT2D eigenvalue weighted by Crippen LogP contribution is -2.21. The number of aliphatic hydroxyl groups excluding tert-OH is 1. The first-order valence-electron chi connectivity index (χ1n) is 8.83. The molecule has 3 aromatic rings. The van der Waals surface area contributed by atoms with Crippen LogP contribution in [0.3, 0.4) is 0 Å². The Morgan fingerprint density at radius 2 is 1.90 bits per heavy atom. The van der Waals surface area contributed by atoms with E-state index in [9.17, 15) is 18.3 Å². The van der Waals surface area contributed by atoms with Crippen LogP contribution < -0.4 is 5.73 Å². The molecule has 2 aromatic heterocycles. The van der Waals surface area contributed by atoms with Crippen molar-refractivity contribution in [3.63, 3.8) is 0 Å². The van der Waals surface area contributed by atoms with E-state index in [2.05, 4.69) is 28.6 Å². The maximum Gasteiger partial charge on any atom is 0.490 e. The van der Waals surface area contributed by atoms with Crippen molar-refractivity contribution < 1.29 is 28.2 Å². The van der Waals surface area contributed by atoms with Gasteiger partial charge in [-0.1, -0.05) is 25.1 Å². The fourth-order valence-corrected chi connectivity index (χ4v) is 2.80. The van der Waals surface area contributed by atoms with E-state index in [1.165, 1.54) is 0 Å². The van der Waals surface area contributed by atoms with Gasteiger partial charge in [0.25, 0.3) is 0 Å². The average molecular weight is 409 g/mol. The quantitative estimate of drug-likeness (QED) is 0.612. The fraction of sp³-hybridized carbons (Fsp3) is 0.300. The standard InChI is InChI=1S/C18H21N3O.C2HF3O2/c1-3-16-17-8-15(11-21(17)10-12(2)20-16)13-5-4-6-14(7-13)18(22)9-19;3-2(4,5)1(6)7/h4-8,10-11,18,22H,3,9,19H2,1-2H3;(H,6,7)/t18-;/m1./s1. The fourth-order valence-electron chi connectivity index (χ4n) is 2.80. The van der Waals surface area contributed by atoms with Gasteiger partial charge in [-0.25, -0.2) is 4.79 Å². The van der Waals surface area contributed by atoms with Crippen molar-refractivity contribution in [2.75, 3.05) is 6.54 Å². The lowest BCUT2D eigenvalue weighted by molar-refractivity contribution is -0.192. The minimum atomic E-state index is -5.08. The van der Waals surface area contributed by atoms with Gasteiger partial charge in [-0.05, 0) is 36.6 Å². The second-order valence-electron chi connectivity index (χ2n) is 6.38. The smallest absolute Gasteiger partial charge is 0.475 e. The first-order valence-corrected chi connectivity index (χ1v) is 8.83. The van der Waals surface area contributed by atoms with Gasteiger partial charge in [-0.15, -0.1) is 0 Å². The maximum absolute atomic E-state index is 10.6. The number of benzene rings is 1. The van der Waals surface area contributed by atoms with Gasteiger partial charge in [-0.3, -0.25) is 4.98 Å². The number of aryl methyl sites for hydroxylation is 2. The molecule has 0 amide bonds. The minimum absolute atomic E-state index is 0.226. The normalized spacial score (nSPS) is 12.4. The van der Waals surface area contributed by atoms with Crippen molar-refractivity contribution in [2.45, 2.75) is 32.5 Å². The van der Waals surface area contributed by atoms with E-state index in [1.54, 1.807) is 0 Å². The van der Waals surface area contributed by atoms with E-state index in [1.807, 2.05) is 37.4 Å². The second-order valence-corrected chi connectivity index (χ2v) is 6.38. The summed E-state index contributed by atoms with van der Waals surface area (Å²) < 4.78 is 33.9. The number of halogens is 3. The molecule has 0 aliphatic carbocycles. The molecule has 0 saturated carbocycles. The second kappa shape index (κ2) is 9.06. The summed E-state index contributed by atoms with van der Waals surface area (Å²) >= 11 is 0. The van der Waals surface area contributed by atoms with Crippen LogP contribution in [0, 0.1) is 6.92 Å². The summed E-state index contributed by atoms with van der Waals surface area (Å²) in [5.41, 5.74) is 11.8. The van der Waals surface area contributed by atoms with Crippen LogP contribution in [0.1, 0.15) is 30.0 Å². The summed E-state index contributed by atoms with van der Waals surface area (Å²) in [5, 5.41) is 17.0. The Morgan fingerprint density at radius 3 is 2.45 bits per heavy atom. The van der Waals surface area contributed by atoms with Gasteiger partial charge in [0.05, 0.1) is 23.0 Å². The third-order valence-corrected chi connectivity index (χ3v) is 4.19. The van der Waals surface area contributed by atoms with Crippen molar-refractivity contribution in [3.8, 4) is 11.1 Å². The summed E-state index contributed by atoms with van der Waals surface area (Å²) in [5.74, 6) is -2.76. The molecule has 2 heterocycles. The Hall–Kier alpha value is -2.91. The van der Waals surface area contributed by atoms with Crippen LogP contribution in [0.25, 0.3) is 16.6 Å². The topological polar surface area (TPSA) is 101 Å². The Morgan fingerprint density at radius 1 is 1.24 bits per heavy atom. The third kappa shape index (κ3) is 5.55. The third-order valence-electron chi connectivity index (χ3n) is 4.19. The number of fused-ring (bicyclic) bond motifs is 1. The van der Waals surface area contributed by atoms with Crippen LogP contribution in [0.2, 0.25) is 0 Å². The van der Waals surface area contributed by atoms with Gasteiger partial charge in [0.2, 0.25) is 0 Å². The summed E-state index contributed by atoms with van der Waals surface area (Å²) in [6, 6.07) is 10.1. The van der Waals surface area contributed by atoms with Crippen LogP contribution in [0.15, 0.2) is 42.7 Å². The Kier molecular flexibility index (Phi) is 6.99. The van der Waals surface area contributed by atoms with E-state index in [4.69, 9.17) is 15.6 Å². The van der Waals surface area contributed by atoms with Crippen molar-refractivity contribution in [2.24, 2.45) is 5.73 Å². The molecule has 0 aliphatic rings. The number of aromatic nitrogens is 2. The van der Waals surface area contributed by atoms with Crippen LogP contribution in [0.4, 0.5) is 13.2 Å². The molecule has 156 valence electrons. The highest BCUT2D eigenvalue weighted by Gasteiger charge is 2.38. The van der Waals surface area contributed by atoms with Crippen LogP contribution in [0.5, 0.6) is 0 Å². The number of carboxylic acids is 1. The van der Waals surface area contributed by atoms with E-state index in [-0.39, 0.29) is 6.54 Å². The van der Waals surface area contributed by atoms with Crippen molar-refractivity contribution in [3.05, 3.63) is 59.7 Å². The number of hydrogen-bond donors (Lipinski definition) is 3. The van der Waals surface area contributed by atoms with E-state index >= 15 is 0 Å². The molecule has 0 fully saturated rings. The molecule has 29 heavy (non-hydrogen) atoms. The summed E-state index contributed by atoms with van der Waals surface area (Å²) in [6.07, 6.45) is -0.652. The van der Waals surface area contributed by atoms with Crippen LogP contribution in [-0.2, 0) is 11.2 Å². The number of aliphatic carboxylic acids is 1. The zero-order chi connectivity index (χ0) is 21.8. The van der Waals surface area contributed by atoms with E-state index in [0.29, 0.717) is 0 Å². The molecule has 0 radical (unpaired) electrons. The lowest BCUT2D eigenvalue weighted by atomic mass is 10.0. The molecule has 3 rings (SSSR count). The molecule has 1 atom stereocenters. The lowest BCUT2D eigenvalue weighted by Gasteiger charge is -2.09. The monoisotopic (exact) mass is 409 g/mol. The van der Waals surface area contributed by atoms with E-state index in [0.717, 1.165) is 40.0 Å². The summed E-state index contributed by atoms with van der Waals surface area (Å²) in [4.78, 5) is 13.5. The Bertz CT molecular complexity index is 1000. The minimum Gasteiger partial charge on any atom is -0.475 e. The number of rotatable bonds is 4. The van der Waals surface area contributed by atoms with Crippen molar-refractivity contribution in [1.29, 1.82) is 0 Å². The number of nitrogens with two attached hydrogens (primary N) is 1. The zero-order valence-corrected chi connectivity index (χ0v) is 15.9. The van der Waals surface area contributed by atoms with Gasteiger partial charge < -0.3 is 20.3 Å². The molecular weight excluding hydrogens is 387 g/mol. The van der Waals surface area contributed by atoms with Gasteiger partial charge in [0.1, 0.15) is 0 Å². The number of carboxylic acid groups (broad SMARTS) is 1. The molecule has 4 N–H and O–H groups in total. The average Bonchev–Trinajstić information content (AvgIpc) is 3.10. The first kappa shape index (κ1) is 22.4. The van der Waals surface area contributed by atoms with Crippen LogP contribution >= 0.6 is 0 Å². The molecule has 0 saturated heterocycles. The molecule has 9 heteroatoms. The SMILES string of the molecule is CCc1nc(C)cn2cc(-c3cccc([C@H](O)CN)c3)cc12.O=C(O)C(F)(F)F. The highest BCUT2D eigenvalue weighted by atomic mass is 19.4. The van der Waals surface area contributed by atoms with Crippen molar-refractivity contribution in [1.82, 2.24) is 9.38 Å². The molecular formula is C20H22F3N3O3. The number of carbonyl (C=O) groups is 1. The van der Waals surface area contributed by atoms with Gasteiger partial charge in [0, 0.05) is 24.5 Å². The number of alkyl halides is 3. The first-order chi connectivity index (χ1) is 13.6. The summed E-state index contributed by atoms with van der Waals surface area (Å²) in [7, 11) is 0. The molecule has 0 aliphatic heterocycles. The largest absolute Gasteiger partial charge is 0.490 e. The highest BCUT2D eigenvalue weighted by Crippen LogP contribution is 2.26. The number of aliphatic hydroxyl groups is 1. The molecule has 6 nitrogen and oxygen atoms in total. The zero-order valence-electron chi connectivity index (χ0n) is 15.9. The maximum atomic E-state index is 10.6. The predicted octanol–water partition coefficient (Wildman–Crippen LogP) is 3.50. The number of hydrogen-bond acceptors (Lipinski definition) is 4. The molecule has 1 aromatic carbocycles. The highest BCUT2D eigenvalue weighted by molar-refractivity contribution is 5.73. The predicted molar refractivity (Wildman–Crippen MR) is 102 cm³/mol. The molecule has 0 bridgehead atoms. The molecule has 0 spiro atoms. The summed E-state index contributed by atoms with van der Waals surface area (Å²) in [6.45, 7) is 4.35. The van der Waals surface area contributed by atoms with Crippen LogP contribution in [-0.4, -0.2) is 38.3 Å². The number of nitrogens with zero attached hydrogens (tertiary/aromatic N) is 2. The van der Waals surface area contributed by atoms with E-state index < -0.39 is 18.2 Å².